The second-order valence-electron chi connectivity index (χ2n) is 4.03. The molecule has 3 N–H and O–H groups in total. The van der Waals surface area contributed by atoms with Crippen molar-refractivity contribution in [3.63, 3.8) is 0 Å². The number of nitrogens with two attached hydrogens (primary N) is 1. The molecule has 0 aromatic heterocycles. The molecule has 0 saturated heterocycles. The van der Waals surface area contributed by atoms with Crippen LogP contribution in [0.5, 0.6) is 0 Å². The first-order valence-corrected chi connectivity index (χ1v) is 5.72. The van der Waals surface area contributed by atoms with Crippen LogP contribution in [0.25, 0.3) is 0 Å². The summed E-state index contributed by atoms with van der Waals surface area (Å²) in [6, 6.07) is 9.38. The Hall–Kier alpha value is -1.84. The standard InChI is InChI=1S/C13H18N2O2/c1-10(13(14)17)15-12(16)9-5-8-11-6-3-2-4-7-11/h2-4,6-7,10H,5,8-9H2,1H3,(H2,14,17)(H,15,16). The lowest BCUT2D eigenvalue weighted by Crippen LogP contribution is -2.42. The minimum atomic E-state index is -0.598. The van der Waals surface area contributed by atoms with E-state index in [1.807, 2.05) is 30.3 Å². The SMILES string of the molecule is CC(NC(=O)CCCc1ccccc1)C(N)=O. The van der Waals surface area contributed by atoms with E-state index in [1.165, 1.54) is 5.56 Å². The zero-order valence-corrected chi connectivity index (χ0v) is 9.98. The second kappa shape index (κ2) is 6.68. The third-order valence-corrected chi connectivity index (χ3v) is 2.52. The van der Waals surface area contributed by atoms with Gasteiger partial charge in [0.1, 0.15) is 6.04 Å². The topological polar surface area (TPSA) is 72.2 Å². The Balaban J connectivity index is 2.23. The second-order valence-corrected chi connectivity index (χ2v) is 4.03. The average molecular weight is 234 g/mol. The number of benzene rings is 1. The van der Waals surface area contributed by atoms with Gasteiger partial charge in [-0.1, -0.05) is 30.3 Å². The quantitative estimate of drug-likeness (QED) is 0.770. The minimum absolute atomic E-state index is 0.132. The molecular weight excluding hydrogens is 216 g/mol. The van der Waals surface area contributed by atoms with Gasteiger partial charge in [-0.2, -0.15) is 0 Å². The monoisotopic (exact) mass is 234 g/mol. The summed E-state index contributed by atoms with van der Waals surface area (Å²) >= 11 is 0. The molecule has 0 bridgehead atoms. The molecule has 1 rings (SSSR count). The molecule has 1 aromatic carbocycles. The molecule has 17 heavy (non-hydrogen) atoms. The number of aryl methyl sites for hydroxylation is 1. The summed E-state index contributed by atoms with van der Waals surface area (Å²) in [6.07, 6.45) is 2.03. The average Bonchev–Trinajstić information content (AvgIpc) is 2.30. The number of rotatable bonds is 6. The first-order valence-electron chi connectivity index (χ1n) is 5.72. The van der Waals surface area contributed by atoms with Crippen molar-refractivity contribution in [1.29, 1.82) is 0 Å². The Labute approximate surface area is 101 Å². The van der Waals surface area contributed by atoms with Gasteiger partial charge in [0.15, 0.2) is 0 Å². The van der Waals surface area contributed by atoms with Crippen molar-refractivity contribution in [3.8, 4) is 0 Å². The van der Waals surface area contributed by atoms with Crippen LogP contribution in [0.4, 0.5) is 0 Å². The van der Waals surface area contributed by atoms with Gasteiger partial charge >= 0.3 is 0 Å². The van der Waals surface area contributed by atoms with Crippen molar-refractivity contribution >= 4 is 11.8 Å². The van der Waals surface area contributed by atoms with Crippen LogP contribution in [-0.4, -0.2) is 17.9 Å². The van der Waals surface area contributed by atoms with Crippen molar-refractivity contribution in [1.82, 2.24) is 5.32 Å². The van der Waals surface area contributed by atoms with Gasteiger partial charge in [-0.15, -0.1) is 0 Å². The molecule has 0 saturated carbocycles. The summed E-state index contributed by atoms with van der Waals surface area (Å²) in [4.78, 5) is 22.2. The summed E-state index contributed by atoms with van der Waals surface area (Å²) in [5, 5.41) is 2.55. The molecule has 2 amide bonds. The van der Waals surface area contributed by atoms with Gasteiger partial charge in [0.2, 0.25) is 11.8 Å². The van der Waals surface area contributed by atoms with E-state index >= 15 is 0 Å². The maximum atomic E-state index is 11.4. The van der Waals surface area contributed by atoms with Crippen molar-refractivity contribution in [2.75, 3.05) is 0 Å². The summed E-state index contributed by atoms with van der Waals surface area (Å²) in [5.41, 5.74) is 6.26. The Morgan fingerprint density at radius 2 is 1.94 bits per heavy atom. The molecule has 1 atom stereocenters. The van der Waals surface area contributed by atoms with E-state index in [-0.39, 0.29) is 5.91 Å². The number of hydrogen-bond acceptors (Lipinski definition) is 2. The molecule has 0 heterocycles. The summed E-state index contributed by atoms with van der Waals surface area (Å²) in [7, 11) is 0. The van der Waals surface area contributed by atoms with Crippen LogP contribution >= 0.6 is 0 Å². The third kappa shape index (κ3) is 5.15. The lowest BCUT2D eigenvalue weighted by molar-refractivity contribution is -0.127. The highest BCUT2D eigenvalue weighted by atomic mass is 16.2. The number of carbonyl (C=O) groups excluding carboxylic acids is 2. The molecule has 0 aliphatic rings. The van der Waals surface area contributed by atoms with E-state index in [2.05, 4.69) is 5.32 Å². The number of nitrogens with one attached hydrogen (secondary N) is 1. The zero-order valence-electron chi connectivity index (χ0n) is 9.98. The number of primary amides is 1. The molecule has 1 aromatic rings. The van der Waals surface area contributed by atoms with E-state index in [4.69, 9.17) is 5.73 Å². The maximum Gasteiger partial charge on any atom is 0.239 e. The van der Waals surface area contributed by atoms with Crippen LogP contribution in [0.15, 0.2) is 30.3 Å². The summed E-state index contributed by atoms with van der Waals surface area (Å²) in [5.74, 6) is -0.645. The first kappa shape index (κ1) is 13.2. The molecule has 0 fully saturated rings. The fraction of sp³-hybridized carbons (Fsp3) is 0.385. The Bertz CT molecular complexity index is 376. The van der Waals surface area contributed by atoms with Crippen LogP contribution < -0.4 is 11.1 Å². The molecule has 0 aliphatic heterocycles. The Kier molecular flexibility index (Phi) is 5.20. The van der Waals surface area contributed by atoms with Crippen LogP contribution in [0.1, 0.15) is 25.3 Å². The van der Waals surface area contributed by atoms with E-state index in [0.717, 1.165) is 12.8 Å². The minimum Gasteiger partial charge on any atom is -0.368 e. The maximum absolute atomic E-state index is 11.4. The highest BCUT2D eigenvalue weighted by Gasteiger charge is 2.11. The van der Waals surface area contributed by atoms with E-state index in [0.29, 0.717) is 6.42 Å². The van der Waals surface area contributed by atoms with Crippen molar-refractivity contribution < 1.29 is 9.59 Å². The van der Waals surface area contributed by atoms with Crippen molar-refractivity contribution in [3.05, 3.63) is 35.9 Å². The lowest BCUT2D eigenvalue weighted by Gasteiger charge is -2.09. The van der Waals surface area contributed by atoms with Crippen LogP contribution in [0, 0.1) is 0 Å². The van der Waals surface area contributed by atoms with Crippen molar-refractivity contribution in [2.24, 2.45) is 5.73 Å². The smallest absolute Gasteiger partial charge is 0.239 e. The predicted octanol–water partition coefficient (Wildman–Crippen LogP) is 0.999. The molecule has 92 valence electrons. The highest BCUT2D eigenvalue weighted by Crippen LogP contribution is 2.04. The predicted molar refractivity (Wildman–Crippen MR) is 66.2 cm³/mol. The van der Waals surface area contributed by atoms with Gasteiger partial charge in [-0.3, -0.25) is 9.59 Å². The van der Waals surface area contributed by atoms with Gasteiger partial charge in [0.05, 0.1) is 0 Å². The summed E-state index contributed by atoms with van der Waals surface area (Å²) in [6.45, 7) is 1.58. The van der Waals surface area contributed by atoms with Gasteiger partial charge in [-0.25, -0.2) is 0 Å². The molecular formula is C13H18N2O2. The largest absolute Gasteiger partial charge is 0.368 e. The Morgan fingerprint density at radius 1 is 1.29 bits per heavy atom. The highest BCUT2D eigenvalue weighted by molar-refractivity contribution is 5.86. The van der Waals surface area contributed by atoms with Crippen LogP contribution in [0.3, 0.4) is 0 Å². The lowest BCUT2D eigenvalue weighted by atomic mass is 10.1. The fourth-order valence-electron chi connectivity index (χ4n) is 1.48. The molecule has 4 nitrogen and oxygen atoms in total. The van der Waals surface area contributed by atoms with E-state index in [9.17, 15) is 9.59 Å². The normalized spacial score (nSPS) is 11.8. The molecule has 0 spiro atoms. The third-order valence-electron chi connectivity index (χ3n) is 2.52. The number of hydrogen-bond donors (Lipinski definition) is 2. The first-order chi connectivity index (χ1) is 8.09. The Morgan fingerprint density at radius 3 is 2.53 bits per heavy atom. The van der Waals surface area contributed by atoms with Crippen LogP contribution in [0.2, 0.25) is 0 Å². The number of carbonyl (C=O) groups is 2. The molecule has 1 unspecified atom stereocenters. The van der Waals surface area contributed by atoms with E-state index in [1.54, 1.807) is 6.92 Å². The van der Waals surface area contributed by atoms with Gasteiger partial charge in [0, 0.05) is 6.42 Å². The molecule has 0 radical (unpaired) electrons. The van der Waals surface area contributed by atoms with Crippen molar-refractivity contribution in [2.45, 2.75) is 32.2 Å². The van der Waals surface area contributed by atoms with Gasteiger partial charge < -0.3 is 11.1 Å². The number of amides is 2. The van der Waals surface area contributed by atoms with Gasteiger partial charge in [-0.05, 0) is 25.3 Å². The summed E-state index contributed by atoms with van der Waals surface area (Å²) < 4.78 is 0. The van der Waals surface area contributed by atoms with Gasteiger partial charge in [0.25, 0.3) is 0 Å². The molecule has 4 heteroatoms. The van der Waals surface area contributed by atoms with E-state index < -0.39 is 11.9 Å². The molecule has 0 aliphatic carbocycles. The zero-order chi connectivity index (χ0) is 12.7. The van der Waals surface area contributed by atoms with Crippen LogP contribution in [-0.2, 0) is 16.0 Å². The fourth-order valence-corrected chi connectivity index (χ4v) is 1.48.